The van der Waals surface area contributed by atoms with Gasteiger partial charge in [-0.15, -0.1) is 0 Å². The number of hydrogen-bond acceptors (Lipinski definition) is 2. The van der Waals surface area contributed by atoms with Crippen LogP contribution >= 0.6 is 0 Å². The first kappa shape index (κ1) is 17.0. The molecule has 0 heterocycles. The molecule has 1 aliphatic rings. The van der Waals surface area contributed by atoms with Gasteiger partial charge in [-0.05, 0) is 44.4 Å². The average Bonchev–Trinajstić information content (AvgIpc) is 2.38. The molecular weight excluding hydrogens is 254 g/mol. The molecule has 1 saturated carbocycles. The highest BCUT2D eigenvalue weighted by molar-refractivity contribution is 5.84. The van der Waals surface area contributed by atoms with Crippen LogP contribution in [0.25, 0.3) is 0 Å². The maximum Gasteiger partial charge on any atom is 0.325 e. The average molecular weight is 283 g/mol. The van der Waals surface area contributed by atoms with Crippen molar-refractivity contribution in [1.82, 2.24) is 5.32 Å². The van der Waals surface area contributed by atoms with Crippen LogP contribution in [0.4, 0.5) is 0 Å². The van der Waals surface area contributed by atoms with E-state index in [1.165, 1.54) is 26.2 Å². The molecule has 0 aromatic heterocycles. The van der Waals surface area contributed by atoms with Crippen molar-refractivity contribution in [3.8, 4) is 0 Å². The normalized spacial score (nSPS) is 24.4. The number of carboxylic acids is 1. The molecule has 20 heavy (non-hydrogen) atoms. The van der Waals surface area contributed by atoms with Gasteiger partial charge in [-0.1, -0.05) is 33.1 Å². The molecule has 1 aliphatic carbocycles. The minimum atomic E-state index is -0.972. The highest BCUT2D eigenvalue weighted by Crippen LogP contribution is 2.32. The maximum absolute atomic E-state index is 11.9. The van der Waals surface area contributed by atoms with Crippen LogP contribution in [0.3, 0.4) is 0 Å². The van der Waals surface area contributed by atoms with Crippen molar-refractivity contribution in [3.63, 3.8) is 0 Å². The first-order valence-electron chi connectivity index (χ1n) is 7.93. The molecule has 0 unspecified atom stereocenters. The lowest BCUT2D eigenvalue weighted by Crippen LogP contribution is -2.42. The molecule has 4 nitrogen and oxygen atoms in total. The van der Waals surface area contributed by atoms with Crippen LogP contribution in [-0.4, -0.2) is 23.0 Å². The number of carbonyl (C=O) groups excluding carboxylic acids is 1. The summed E-state index contributed by atoms with van der Waals surface area (Å²) in [5.74, 6) is 0.490. The molecule has 4 heteroatoms. The summed E-state index contributed by atoms with van der Waals surface area (Å²) in [6.07, 6.45) is 7.88. The van der Waals surface area contributed by atoms with E-state index in [1.807, 2.05) is 0 Å². The number of rotatable bonds is 7. The fraction of sp³-hybridized carbons (Fsp3) is 0.875. The van der Waals surface area contributed by atoms with Crippen molar-refractivity contribution in [3.05, 3.63) is 0 Å². The highest BCUT2D eigenvalue weighted by atomic mass is 16.4. The second-order valence-electron chi connectivity index (χ2n) is 6.61. The zero-order chi connectivity index (χ0) is 15.1. The highest BCUT2D eigenvalue weighted by Gasteiger charge is 2.27. The molecule has 0 spiro atoms. The lowest BCUT2D eigenvalue weighted by atomic mass is 9.79. The third kappa shape index (κ3) is 5.93. The third-order valence-corrected chi connectivity index (χ3v) is 4.34. The molecule has 0 aromatic rings. The smallest absolute Gasteiger partial charge is 0.325 e. The predicted molar refractivity (Wildman–Crippen MR) is 79.4 cm³/mol. The molecule has 1 rings (SSSR count). The largest absolute Gasteiger partial charge is 0.480 e. The molecule has 0 aliphatic heterocycles. The van der Waals surface area contributed by atoms with Gasteiger partial charge in [0.1, 0.15) is 6.04 Å². The lowest BCUT2D eigenvalue weighted by Gasteiger charge is -2.28. The van der Waals surface area contributed by atoms with E-state index in [2.05, 4.69) is 19.2 Å². The number of aliphatic carboxylic acids is 1. The van der Waals surface area contributed by atoms with Gasteiger partial charge < -0.3 is 10.4 Å². The van der Waals surface area contributed by atoms with Gasteiger partial charge in [-0.25, -0.2) is 0 Å². The number of hydrogen-bond donors (Lipinski definition) is 2. The van der Waals surface area contributed by atoms with E-state index in [-0.39, 0.29) is 11.8 Å². The van der Waals surface area contributed by atoms with Gasteiger partial charge in [-0.3, -0.25) is 9.59 Å². The van der Waals surface area contributed by atoms with Gasteiger partial charge in [0.15, 0.2) is 0 Å². The molecule has 0 bridgehead atoms. The Balaban J connectivity index is 2.24. The summed E-state index contributed by atoms with van der Waals surface area (Å²) in [7, 11) is 0. The van der Waals surface area contributed by atoms with Crippen LogP contribution < -0.4 is 5.32 Å². The summed E-state index contributed by atoms with van der Waals surface area (Å²) in [6, 6.07) is -0.786. The van der Waals surface area contributed by atoms with Gasteiger partial charge in [0.05, 0.1) is 0 Å². The van der Waals surface area contributed by atoms with Crippen LogP contribution in [0.1, 0.15) is 65.7 Å². The zero-order valence-electron chi connectivity index (χ0n) is 13.0. The molecule has 0 aromatic carbocycles. The second-order valence-corrected chi connectivity index (χ2v) is 6.61. The minimum absolute atomic E-state index is 0.0122. The van der Waals surface area contributed by atoms with E-state index in [9.17, 15) is 9.59 Å². The summed E-state index contributed by atoms with van der Waals surface area (Å²) >= 11 is 0. The van der Waals surface area contributed by atoms with E-state index in [4.69, 9.17) is 5.11 Å². The van der Waals surface area contributed by atoms with Gasteiger partial charge >= 0.3 is 5.97 Å². The van der Waals surface area contributed by atoms with E-state index in [0.717, 1.165) is 37.5 Å². The molecule has 0 radical (unpaired) electrons. The SMILES string of the molecule is CC(C)CCC[C@H]1CC[C@H](C(=O)N[C@@H](C)C(=O)O)CC1. The van der Waals surface area contributed by atoms with Crippen LogP contribution in [0.2, 0.25) is 0 Å². The van der Waals surface area contributed by atoms with Crippen molar-refractivity contribution in [2.24, 2.45) is 17.8 Å². The van der Waals surface area contributed by atoms with Crippen molar-refractivity contribution >= 4 is 11.9 Å². The predicted octanol–water partition coefficient (Wildman–Crippen LogP) is 3.21. The zero-order valence-corrected chi connectivity index (χ0v) is 13.0. The Morgan fingerprint density at radius 3 is 2.25 bits per heavy atom. The molecule has 116 valence electrons. The molecular formula is C16H29NO3. The Morgan fingerprint density at radius 2 is 1.75 bits per heavy atom. The fourth-order valence-corrected chi connectivity index (χ4v) is 2.92. The summed E-state index contributed by atoms with van der Waals surface area (Å²) < 4.78 is 0. The van der Waals surface area contributed by atoms with E-state index >= 15 is 0 Å². The van der Waals surface area contributed by atoms with Gasteiger partial charge in [0.2, 0.25) is 5.91 Å². The molecule has 1 amide bonds. The topological polar surface area (TPSA) is 66.4 Å². The summed E-state index contributed by atoms with van der Waals surface area (Å²) in [6.45, 7) is 6.02. The van der Waals surface area contributed by atoms with Gasteiger partial charge in [0.25, 0.3) is 0 Å². The van der Waals surface area contributed by atoms with Crippen molar-refractivity contribution < 1.29 is 14.7 Å². The van der Waals surface area contributed by atoms with E-state index in [0.29, 0.717) is 0 Å². The maximum atomic E-state index is 11.9. The Morgan fingerprint density at radius 1 is 1.15 bits per heavy atom. The monoisotopic (exact) mass is 283 g/mol. The second kappa shape index (κ2) is 8.28. The Bertz CT molecular complexity index is 320. The van der Waals surface area contributed by atoms with Crippen LogP contribution in [-0.2, 0) is 9.59 Å². The summed E-state index contributed by atoms with van der Waals surface area (Å²) in [5.41, 5.74) is 0. The summed E-state index contributed by atoms with van der Waals surface area (Å²) in [4.78, 5) is 22.7. The Labute approximate surface area is 122 Å². The van der Waals surface area contributed by atoms with Crippen molar-refractivity contribution in [2.75, 3.05) is 0 Å². The Kier molecular flexibility index (Phi) is 7.03. The number of carbonyl (C=O) groups is 2. The van der Waals surface area contributed by atoms with E-state index in [1.54, 1.807) is 0 Å². The molecule has 1 fully saturated rings. The van der Waals surface area contributed by atoms with Crippen LogP contribution in [0.15, 0.2) is 0 Å². The Hall–Kier alpha value is -1.06. The number of nitrogens with one attached hydrogen (secondary N) is 1. The van der Waals surface area contributed by atoms with E-state index < -0.39 is 12.0 Å². The van der Waals surface area contributed by atoms with Crippen molar-refractivity contribution in [2.45, 2.75) is 71.8 Å². The number of amides is 1. The quantitative estimate of drug-likeness (QED) is 0.754. The fourth-order valence-electron chi connectivity index (χ4n) is 2.92. The molecule has 2 N–H and O–H groups in total. The standard InChI is InChI=1S/C16H29NO3/c1-11(2)5-4-6-13-7-9-14(10-8-13)15(18)17-12(3)16(19)20/h11-14H,4-10H2,1-3H3,(H,17,18)(H,19,20)/t12-,13-,14-/m0/s1. The molecule has 0 saturated heterocycles. The van der Waals surface area contributed by atoms with Crippen LogP contribution in [0, 0.1) is 17.8 Å². The number of carboxylic acid groups (broad SMARTS) is 1. The molecule has 1 atom stereocenters. The van der Waals surface area contributed by atoms with Gasteiger partial charge in [-0.2, -0.15) is 0 Å². The van der Waals surface area contributed by atoms with Crippen molar-refractivity contribution in [1.29, 1.82) is 0 Å². The summed E-state index contributed by atoms with van der Waals surface area (Å²) in [5, 5.41) is 11.4. The first-order valence-corrected chi connectivity index (χ1v) is 7.93. The third-order valence-electron chi connectivity index (χ3n) is 4.34. The minimum Gasteiger partial charge on any atom is -0.480 e. The first-order chi connectivity index (χ1) is 9.40. The lowest BCUT2D eigenvalue weighted by molar-refractivity contribution is -0.142. The van der Waals surface area contributed by atoms with Crippen LogP contribution in [0.5, 0.6) is 0 Å². The van der Waals surface area contributed by atoms with Gasteiger partial charge in [0, 0.05) is 5.92 Å².